The molecule has 0 bridgehead atoms. The minimum absolute atomic E-state index is 0.495. The van der Waals surface area contributed by atoms with E-state index in [0.29, 0.717) is 10.5 Å². The van der Waals surface area contributed by atoms with Crippen LogP contribution in [0.5, 0.6) is 0 Å². The van der Waals surface area contributed by atoms with Gasteiger partial charge in [0, 0.05) is 10.5 Å². The second-order valence-corrected chi connectivity index (χ2v) is 7.13. The molecule has 4 heteroatoms. The van der Waals surface area contributed by atoms with Crippen LogP contribution >= 0.6 is 11.8 Å². The second-order valence-electron chi connectivity index (χ2n) is 5.39. The summed E-state index contributed by atoms with van der Waals surface area (Å²) in [4.78, 5) is 11.6. The zero-order valence-electron chi connectivity index (χ0n) is 11.9. The predicted molar refractivity (Wildman–Crippen MR) is 78.3 cm³/mol. The fraction of sp³-hybridized carbons (Fsp3) is 0.929. The van der Waals surface area contributed by atoms with Gasteiger partial charge in [-0.1, -0.05) is 20.8 Å². The largest absolute Gasteiger partial charge is 0.480 e. The molecule has 1 aliphatic rings. The summed E-state index contributed by atoms with van der Waals surface area (Å²) in [6.45, 7) is 7.31. The molecule has 0 aliphatic heterocycles. The number of carboxylic acids is 1. The highest BCUT2D eigenvalue weighted by atomic mass is 32.2. The molecule has 0 radical (unpaired) electrons. The fourth-order valence-corrected chi connectivity index (χ4v) is 4.09. The fourth-order valence-electron chi connectivity index (χ4n) is 2.56. The van der Waals surface area contributed by atoms with Crippen molar-refractivity contribution in [2.75, 3.05) is 6.54 Å². The van der Waals surface area contributed by atoms with Crippen molar-refractivity contribution in [3.63, 3.8) is 0 Å². The van der Waals surface area contributed by atoms with Crippen LogP contribution in [0.4, 0.5) is 0 Å². The Labute approximate surface area is 115 Å². The van der Waals surface area contributed by atoms with Crippen molar-refractivity contribution in [1.29, 1.82) is 0 Å². The highest BCUT2D eigenvalue weighted by Crippen LogP contribution is 2.37. The van der Waals surface area contributed by atoms with Crippen LogP contribution in [0, 0.1) is 0 Å². The summed E-state index contributed by atoms with van der Waals surface area (Å²) in [7, 11) is 0. The van der Waals surface area contributed by atoms with Crippen molar-refractivity contribution >= 4 is 17.7 Å². The minimum Gasteiger partial charge on any atom is -0.480 e. The summed E-state index contributed by atoms with van der Waals surface area (Å²) in [6, 6.07) is 0. The van der Waals surface area contributed by atoms with E-state index >= 15 is 0 Å². The number of aliphatic carboxylic acids is 1. The van der Waals surface area contributed by atoms with E-state index in [1.54, 1.807) is 0 Å². The van der Waals surface area contributed by atoms with Crippen molar-refractivity contribution in [2.45, 2.75) is 75.3 Å². The minimum atomic E-state index is -0.667. The molecule has 0 heterocycles. The molecule has 2 N–H and O–H groups in total. The predicted octanol–water partition coefficient (Wildman–Crippen LogP) is 3.28. The molecule has 3 atom stereocenters. The van der Waals surface area contributed by atoms with Gasteiger partial charge in [0.15, 0.2) is 0 Å². The molecule has 0 saturated heterocycles. The van der Waals surface area contributed by atoms with Crippen molar-refractivity contribution in [3.05, 3.63) is 0 Å². The standard InChI is InChI=1S/C14H27NO2S/c1-4-9-15-14(13(16)17)8-6-7-12(10-14)18-11(3)5-2/h11-12,15H,4-10H2,1-3H3,(H,16,17). The number of hydrogen-bond acceptors (Lipinski definition) is 3. The monoisotopic (exact) mass is 273 g/mol. The summed E-state index contributed by atoms with van der Waals surface area (Å²) in [5.74, 6) is -0.662. The van der Waals surface area contributed by atoms with Gasteiger partial charge in [-0.25, -0.2) is 0 Å². The Morgan fingerprint density at radius 3 is 2.83 bits per heavy atom. The van der Waals surface area contributed by atoms with Gasteiger partial charge in [0.2, 0.25) is 0 Å². The first-order valence-corrected chi connectivity index (χ1v) is 8.12. The van der Waals surface area contributed by atoms with Crippen LogP contribution in [0.1, 0.15) is 59.3 Å². The van der Waals surface area contributed by atoms with E-state index in [2.05, 4.69) is 26.1 Å². The molecular weight excluding hydrogens is 246 g/mol. The van der Waals surface area contributed by atoms with Crippen LogP contribution in [0.25, 0.3) is 0 Å². The molecule has 18 heavy (non-hydrogen) atoms. The first-order chi connectivity index (χ1) is 8.54. The van der Waals surface area contributed by atoms with Gasteiger partial charge in [0.25, 0.3) is 0 Å². The molecule has 0 aromatic carbocycles. The third kappa shape index (κ3) is 4.16. The van der Waals surface area contributed by atoms with Crippen LogP contribution in [0.15, 0.2) is 0 Å². The molecule has 1 saturated carbocycles. The molecule has 1 aliphatic carbocycles. The molecule has 0 aromatic heterocycles. The summed E-state index contributed by atoms with van der Waals surface area (Å²) < 4.78 is 0. The smallest absolute Gasteiger partial charge is 0.323 e. The van der Waals surface area contributed by atoms with Crippen LogP contribution in [-0.4, -0.2) is 33.7 Å². The molecule has 0 aromatic rings. The molecule has 3 nitrogen and oxygen atoms in total. The second kappa shape index (κ2) is 7.39. The number of carboxylic acid groups (broad SMARTS) is 1. The van der Waals surface area contributed by atoms with Gasteiger partial charge < -0.3 is 10.4 Å². The van der Waals surface area contributed by atoms with Gasteiger partial charge in [-0.05, 0) is 45.1 Å². The van der Waals surface area contributed by atoms with Crippen LogP contribution in [-0.2, 0) is 4.79 Å². The SMILES string of the molecule is CCCNC1(C(=O)O)CCCC(SC(C)CC)C1. The van der Waals surface area contributed by atoms with Crippen molar-refractivity contribution < 1.29 is 9.90 Å². The Kier molecular flexibility index (Phi) is 6.50. The van der Waals surface area contributed by atoms with E-state index < -0.39 is 11.5 Å². The first-order valence-electron chi connectivity index (χ1n) is 7.18. The first kappa shape index (κ1) is 15.8. The number of nitrogens with one attached hydrogen (secondary N) is 1. The lowest BCUT2D eigenvalue weighted by atomic mass is 9.81. The number of hydrogen-bond donors (Lipinski definition) is 2. The molecule has 1 fully saturated rings. The number of rotatable bonds is 7. The van der Waals surface area contributed by atoms with E-state index in [0.717, 1.165) is 45.1 Å². The number of thioether (sulfide) groups is 1. The molecule has 3 unspecified atom stereocenters. The van der Waals surface area contributed by atoms with E-state index in [4.69, 9.17) is 0 Å². The quantitative estimate of drug-likeness (QED) is 0.747. The Bertz CT molecular complexity index is 273. The molecule has 0 amide bonds. The Hall–Kier alpha value is -0.220. The van der Waals surface area contributed by atoms with Crippen molar-refractivity contribution in [1.82, 2.24) is 5.32 Å². The van der Waals surface area contributed by atoms with E-state index in [1.165, 1.54) is 0 Å². The van der Waals surface area contributed by atoms with Gasteiger partial charge in [-0.15, -0.1) is 0 Å². The lowest BCUT2D eigenvalue weighted by molar-refractivity contribution is -0.146. The average Bonchev–Trinajstić information content (AvgIpc) is 2.36. The van der Waals surface area contributed by atoms with Crippen molar-refractivity contribution in [2.24, 2.45) is 0 Å². The maximum Gasteiger partial charge on any atom is 0.323 e. The van der Waals surface area contributed by atoms with E-state index in [1.807, 2.05) is 11.8 Å². The lowest BCUT2D eigenvalue weighted by Gasteiger charge is -2.39. The summed E-state index contributed by atoms with van der Waals surface area (Å²) >= 11 is 1.97. The normalized spacial score (nSPS) is 30.1. The highest BCUT2D eigenvalue weighted by molar-refractivity contribution is 8.00. The zero-order chi connectivity index (χ0) is 13.6. The molecular formula is C14H27NO2S. The summed E-state index contributed by atoms with van der Waals surface area (Å²) in [6.07, 6.45) is 5.88. The Balaban J connectivity index is 2.64. The topological polar surface area (TPSA) is 49.3 Å². The Morgan fingerprint density at radius 2 is 2.28 bits per heavy atom. The van der Waals surface area contributed by atoms with Gasteiger partial charge in [-0.2, -0.15) is 11.8 Å². The van der Waals surface area contributed by atoms with E-state index in [9.17, 15) is 9.90 Å². The Morgan fingerprint density at radius 1 is 1.56 bits per heavy atom. The summed E-state index contributed by atoms with van der Waals surface area (Å²) in [5, 5.41) is 14.0. The molecule has 1 rings (SSSR count). The third-order valence-electron chi connectivity index (χ3n) is 3.83. The molecule has 106 valence electrons. The maximum absolute atomic E-state index is 11.6. The third-order valence-corrected chi connectivity index (χ3v) is 5.41. The van der Waals surface area contributed by atoms with Crippen LogP contribution < -0.4 is 5.32 Å². The molecule has 0 spiro atoms. The van der Waals surface area contributed by atoms with Gasteiger partial charge in [0.1, 0.15) is 5.54 Å². The van der Waals surface area contributed by atoms with Crippen molar-refractivity contribution in [3.8, 4) is 0 Å². The summed E-state index contributed by atoms with van der Waals surface area (Å²) in [5.41, 5.74) is -0.667. The maximum atomic E-state index is 11.6. The van der Waals surface area contributed by atoms with Gasteiger partial charge >= 0.3 is 5.97 Å². The number of carbonyl (C=O) groups is 1. The van der Waals surface area contributed by atoms with Gasteiger partial charge in [-0.3, -0.25) is 4.79 Å². The van der Waals surface area contributed by atoms with Gasteiger partial charge in [0.05, 0.1) is 0 Å². The average molecular weight is 273 g/mol. The van der Waals surface area contributed by atoms with Crippen LogP contribution in [0.2, 0.25) is 0 Å². The highest BCUT2D eigenvalue weighted by Gasteiger charge is 2.42. The van der Waals surface area contributed by atoms with E-state index in [-0.39, 0.29) is 0 Å². The lowest BCUT2D eigenvalue weighted by Crippen LogP contribution is -2.55. The van der Waals surface area contributed by atoms with Crippen LogP contribution in [0.3, 0.4) is 0 Å². The zero-order valence-corrected chi connectivity index (χ0v) is 12.7.